The van der Waals surface area contributed by atoms with Crippen LogP contribution in [0.1, 0.15) is 35.2 Å². The van der Waals surface area contributed by atoms with Crippen molar-refractivity contribution in [1.82, 2.24) is 5.32 Å². The maximum Gasteiger partial charge on any atom is 0.331 e. The summed E-state index contributed by atoms with van der Waals surface area (Å²) in [6.45, 7) is 5.56. The van der Waals surface area contributed by atoms with E-state index in [0.717, 1.165) is 11.1 Å². The summed E-state index contributed by atoms with van der Waals surface area (Å²) in [6, 6.07) is 10.5. The van der Waals surface area contributed by atoms with Crippen molar-refractivity contribution in [2.24, 2.45) is 0 Å². The van der Waals surface area contributed by atoms with E-state index in [9.17, 15) is 14.7 Å². The molecule has 0 radical (unpaired) electrons. The molecule has 0 unspecified atom stereocenters. The van der Waals surface area contributed by atoms with Crippen LogP contribution in [0, 0.1) is 13.8 Å². The van der Waals surface area contributed by atoms with E-state index in [4.69, 9.17) is 9.47 Å². The number of rotatable bonds is 7. The molecule has 0 aliphatic heterocycles. The Bertz CT molecular complexity index is 888. The molecule has 0 saturated carbocycles. The number of ether oxygens (including phenoxy) is 2. The van der Waals surface area contributed by atoms with Crippen LogP contribution in [0.3, 0.4) is 0 Å². The molecule has 2 aromatic rings. The highest BCUT2D eigenvalue weighted by Gasteiger charge is 2.11. The Morgan fingerprint density at radius 3 is 2.57 bits per heavy atom. The molecule has 0 aromatic heterocycles. The monoisotopic (exact) mass is 383 g/mol. The standard InChI is InChI=1S/C22H25NO5/c1-14-5-8-18(11-15(14)2)16(3)23-21(25)13-28-22(26)10-7-17-6-9-19(24)20(12-17)27-4/h5-12,16,24H,13H2,1-4H3,(H,23,25)/b10-7+/t16-/m1/s1. The van der Waals surface area contributed by atoms with Gasteiger partial charge in [0.05, 0.1) is 13.2 Å². The predicted molar refractivity (Wildman–Crippen MR) is 107 cm³/mol. The van der Waals surface area contributed by atoms with E-state index in [2.05, 4.69) is 5.32 Å². The zero-order valence-electron chi connectivity index (χ0n) is 16.5. The predicted octanol–water partition coefficient (Wildman–Crippen LogP) is 3.45. The first kappa shape index (κ1) is 21.0. The highest BCUT2D eigenvalue weighted by Crippen LogP contribution is 2.26. The number of nitrogens with one attached hydrogen (secondary N) is 1. The Labute approximate surface area is 164 Å². The fraction of sp³-hybridized carbons (Fsp3) is 0.273. The molecular formula is C22H25NO5. The number of phenols is 1. The van der Waals surface area contributed by atoms with E-state index in [-0.39, 0.29) is 24.3 Å². The van der Waals surface area contributed by atoms with Gasteiger partial charge in [-0.25, -0.2) is 4.79 Å². The number of aromatic hydroxyl groups is 1. The lowest BCUT2D eigenvalue weighted by atomic mass is 10.0. The number of phenolic OH excluding ortho intramolecular Hbond substituents is 1. The Balaban J connectivity index is 1.84. The molecule has 0 fully saturated rings. The van der Waals surface area contributed by atoms with E-state index in [1.807, 2.05) is 39.0 Å². The third-order valence-corrected chi connectivity index (χ3v) is 4.37. The van der Waals surface area contributed by atoms with E-state index >= 15 is 0 Å². The van der Waals surface area contributed by atoms with Crippen molar-refractivity contribution in [3.8, 4) is 11.5 Å². The average Bonchev–Trinajstić information content (AvgIpc) is 2.67. The quantitative estimate of drug-likeness (QED) is 0.565. The third kappa shape index (κ3) is 5.87. The van der Waals surface area contributed by atoms with E-state index in [1.165, 1.54) is 30.9 Å². The van der Waals surface area contributed by atoms with Gasteiger partial charge in [-0.3, -0.25) is 4.79 Å². The molecule has 6 heteroatoms. The Kier molecular flexibility index (Phi) is 7.21. The van der Waals surface area contributed by atoms with Gasteiger partial charge in [0.15, 0.2) is 18.1 Å². The summed E-state index contributed by atoms with van der Waals surface area (Å²) in [5.74, 6) is -0.702. The minimum absolute atomic E-state index is 0.0109. The van der Waals surface area contributed by atoms with Crippen molar-refractivity contribution in [1.29, 1.82) is 0 Å². The highest BCUT2D eigenvalue weighted by molar-refractivity contribution is 5.89. The lowest BCUT2D eigenvalue weighted by Gasteiger charge is -2.15. The van der Waals surface area contributed by atoms with Crippen molar-refractivity contribution in [3.63, 3.8) is 0 Å². The second-order valence-corrected chi connectivity index (χ2v) is 6.51. The number of hydrogen-bond acceptors (Lipinski definition) is 5. The maximum absolute atomic E-state index is 12.0. The van der Waals surface area contributed by atoms with E-state index in [1.54, 1.807) is 12.1 Å². The van der Waals surface area contributed by atoms with Gasteiger partial charge >= 0.3 is 5.97 Å². The minimum Gasteiger partial charge on any atom is -0.504 e. The van der Waals surface area contributed by atoms with Crippen LogP contribution in [0.2, 0.25) is 0 Å². The van der Waals surface area contributed by atoms with E-state index in [0.29, 0.717) is 11.3 Å². The molecular weight excluding hydrogens is 358 g/mol. The first-order valence-electron chi connectivity index (χ1n) is 8.88. The molecule has 1 atom stereocenters. The number of amides is 1. The van der Waals surface area contributed by atoms with Gasteiger partial charge in [0, 0.05) is 6.08 Å². The molecule has 28 heavy (non-hydrogen) atoms. The summed E-state index contributed by atoms with van der Waals surface area (Å²) < 4.78 is 9.97. The highest BCUT2D eigenvalue weighted by atomic mass is 16.5. The largest absolute Gasteiger partial charge is 0.504 e. The van der Waals surface area contributed by atoms with Gasteiger partial charge in [0.2, 0.25) is 0 Å². The number of carbonyl (C=O) groups is 2. The Morgan fingerprint density at radius 1 is 1.14 bits per heavy atom. The molecule has 0 bridgehead atoms. The molecule has 2 rings (SSSR count). The summed E-state index contributed by atoms with van der Waals surface area (Å²) in [4.78, 5) is 23.8. The van der Waals surface area contributed by atoms with Crippen LogP contribution in [-0.2, 0) is 14.3 Å². The SMILES string of the molecule is COc1cc(/C=C/C(=O)OCC(=O)N[C@H](C)c2ccc(C)c(C)c2)ccc1O. The number of hydrogen-bond donors (Lipinski definition) is 2. The fourth-order valence-electron chi connectivity index (χ4n) is 2.55. The summed E-state index contributed by atoms with van der Waals surface area (Å²) in [5.41, 5.74) is 3.98. The molecule has 0 spiro atoms. The molecule has 6 nitrogen and oxygen atoms in total. The Morgan fingerprint density at radius 2 is 1.89 bits per heavy atom. The molecule has 1 amide bonds. The van der Waals surface area contributed by atoms with Crippen LogP contribution >= 0.6 is 0 Å². The molecule has 0 heterocycles. The molecule has 2 aromatic carbocycles. The summed E-state index contributed by atoms with van der Waals surface area (Å²) in [7, 11) is 1.44. The van der Waals surface area contributed by atoms with Crippen molar-refractivity contribution in [2.75, 3.05) is 13.7 Å². The van der Waals surface area contributed by atoms with Gasteiger partial charge in [0.1, 0.15) is 0 Å². The second-order valence-electron chi connectivity index (χ2n) is 6.51. The summed E-state index contributed by atoms with van der Waals surface area (Å²) in [5, 5.41) is 12.4. The zero-order chi connectivity index (χ0) is 20.7. The lowest BCUT2D eigenvalue weighted by molar-refractivity contribution is -0.144. The van der Waals surface area contributed by atoms with Gasteiger partial charge < -0.3 is 19.9 Å². The number of carbonyl (C=O) groups excluding carboxylic acids is 2. The minimum atomic E-state index is -0.638. The smallest absolute Gasteiger partial charge is 0.331 e. The van der Waals surface area contributed by atoms with Gasteiger partial charge in [0.25, 0.3) is 5.91 Å². The van der Waals surface area contributed by atoms with Crippen LogP contribution in [-0.4, -0.2) is 30.7 Å². The van der Waals surface area contributed by atoms with Crippen molar-refractivity contribution >= 4 is 18.0 Å². The maximum atomic E-state index is 12.0. The summed E-state index contributed by atoms with van der Waals surface area (Å²) >= 11 is 0. The van der Waals surface area contributed by atoms with E-state index < -0.39 is 5.97 Å². The number of aryl methyl sites for hydroxylation is 2. The van der Waals surface area contributed by atoms with Gasteiger partial charge in [-0.15, -0.1) is 0 Å². The van der Waals surface area contributed by atoms with Gasteiger partial charge in [-0.1, -0.05) is 24.3 Å². The third-order valence-electron chi connectivity index (χ3n) is 4.37. The molecule has 2 N–H and O–H groups in total. The normalized spacial score (nSPS) is 11.9. The van der Waals surface area contributed by atoms with Gasteiger partial charge in [-0.2, -0.15) is 0 Å². The van der Waals surface area contributed by atoms with Crippen molar-refractivity contribution in [3.05, 3.63) is 64.7 Å². The van der Waals surface area contributed by atoms with Gasteiger partial charge in [-0.05, 0) is 61.2 Å². The second kappa shape index (κ2) is 9.60. The zero-order valence-corrected chi connectivity index (χ0v) is 16.5. The lowest BCUT2D eigenvalue weighted by Crippen LogP contribution is -2.31. The van der Waals surface area contributed by atoms with Crippen LogP contribution in [0.4, 0.5) is 0 Å². The average molecular weight is 383 g/mol. The number of esters is 1. The number of methoxy groups -OCH3 is 1. The number of benzene rings is 2. The Hall–Kier alpha value is -3.28. The van der Waals surface area contributed by atoms with Crippen LogP contribution in [0.5, 0.6) is 11.5 Å². The van der Waals surface area contributed by atoms with Crippen LogP contribution < -0.4 is 10.1 Å². The first-order valence-corrected chi connectivity index (χ1v) is 8.88. The topological polar surface area (TPSA) is 84.9 Å². The molecule has 0 aliphatic carbocycles. The van der Waals surface area contributed by atoms with Crippen LogP contribution in [0.15, 0.2) is 42.5 Å². The van der Waals surface area contributed by atoms with Crippen molar-refractivity contribution in [2.45, 2.75) is 26.8 Å². The van der Waals surface area contributed by atoms with Crippen LogP contribution in [0.25, 0.3) is 6.08 Å². The first-order chi connectivity index (χ1) is 13.3. The molecule has 0 saturated heterocycles. The summed E-state index contributed by atoms with van der Waals surface area (Å²) in [6.07, 6.45) is 2.73. The molecule has 148 valence electrons. The van der Waals surface area contributed by atoms with Crippen molar-refractivity contribution < 1.29 is 24.2 Å². The molecule has 0 aliphatic rings. The fourth-order valence-corrected chi connectivity index (χ4v) is 2.55.